The van der Waals surface area contributed by atoms with Crippen molar-refractivity contribution >= 4 is 17.3 Å². The molecule has 1 saturated carbocycles. The number of nitrogens with zero attached hydrogens (tertiary/aromatic N) is 1. The van der Waals surface area contributed by atoms with E-state index in [4.69, 9.17) is 9.15 Å². The van der Waals surface area contributed by atoms with Crippen LogP contribution < -0.4 is 10.2 Å². The van der Waals surface area contributed by atoms with Gasteiger partial charge in [0.05, 0.1) is 17.5 Å². The monoisotopic (exact) mass is 424 g/mol. The molecule has 3 fully saturated rings. The first-order valence-electron chi connectivity index (χ1n) is 11.7. The number of aliphatic hydroxyl groups is 1. The van der Waals surface area contributed by atoms with Gasteiger partial charge in [0.15, 0.2) is 5.76 Å². The fourth-order valence-electron chi connectivity index (χ4n) is 4.78. The topological polar surface area (TPSA) is 74.9 Å². The Kier molecular flexibility index (Phi) is 6.01. The highest BCUT2D eigenvalue weighted by atomic mass is 16.5. The lowest BCUT2D eigenvalue weighted by atomic mass is 9.98. The minimum Gasteiger partial charge on any atom is -0.456 e. The lowest BCUT2D eigenvalue weighted by molar-refractivity contribution is 0.0799. The summed E-state index contributed by atoms with van der Waals surface area (Å²) in [5.74, 6) is 1.96. The van der Waals surface area contributed by atoms with Crippen molar-refractivity contribution in [1.29, 1.82) is 0 Å². The molecule has 2 saturated heterocycles. The number of aliphatic hydroxyl groups excluding tert-OH is 1. The fourth-order valence-corrected chi connectivity index (χ4v) is 4.78. The number of benzene rings is 1. The summed E-state index contributed by atoms with van der Waals surface area (Å²) in [5.41, 5.74) is 3.16. The first kappa shape index (κ1) is 20.6. The van der Waals surface area contributed by atoms with Crippen molar-refractivity contribution in [1.82, 2.24) is 0 Å². The molecule has 5 rings (SSSR count). The predicted molar refractivity (Wildman–Crippen MR) is 120 cm³/mol. The summed E-state index contributed by atoms with van der Waals surface area (Å²) >= 11 is 0. The zero-order valence-corrected chi connectivity index (χ0v) is 18.0. The van der Waals surface area contributed by atoms with Gasteiger partial charge in [-0.25, -0.2) is 0 Å². The summed E-state index contributed by atoms with van der Waals surface area (Å²) in [6.45, 7) is 3.17. The Hall–Kier alpha value is -2.31. The summed E-state index contributed by atoms with van der Waals surface area (Å²) in [7, 11) is 0. The normalized spacial score (nSPS) is 22.9. The van der Waals surface area contributed by atoms with Crippen LogP contribution in [0.3, 0.4) is 0 Å². The molecule has 1 atom stereocenters. The van der Waals surface area contributed by atoms with Crippen LogP contribution in [0, 0.1) is 0 Å². The zero-order chi connectivity index (χ0) is 21.2. The molecule has 1 unspecified atom stereocenters. The molecule has 0 spiro atoms. The minimum absolute atomic E-state index is 0.206. The highest BCUT2D eigenvalue weighted by Gasteiger charge is 2.27. The van der Waals surface area contributed by atoms with Crippen molar-refractivity contribution in [3.63, 3.8) is 0 Å². The summed E-state index contributed by atoms with van der Waals surface area (Å²) < 4.78 is 11.4. The van der Waals surface area contributed by atoms with Crippen LogP contribution in [-0.2, 0) is 4.74 Å². The third kappa shape index (κ3) is 4.80. The van der Waals surface area contributed by atoms with Crippen molar-refractivity contribution in [3.05, 3.63) is 47.4 Å². The van der Waals surface area contributed by atoms with Crippen molar-refractivity contribution in [3.8, 4) is 0 Å². The molecule has 2 aliphatic heterocycles. The van der Waals surface area contributed by atoms with Crippen molar-refractivity contribution in [2.24, 2.45) is 0 Å². The molecular weight excluding hydrogens is 392 g/mol. The Morgan fingerprint density at radius 1 is 0.968 bits per heavy atom. The Labute approximate surface area is 183 Å². The molecule has 6 nitrogen and oxygen atoms in total. The van der Waals surface area contributed by atoms with Gasteiger partial charge in [-0.3, -0.25) is 4.79 Å². The van der Waals surface area contributed by atoms with Crippen LogP contribution >= 0.6 is 0 Å². The Morgan fingerprint density at radius 3 is 2.61 bits per heavy atom. The summed E-state index contributed by atoms with van der Waals surface area (Å²) in [6, 6.07) is 10.2. The van der Waals surface area contributed by atoms with Crippen LogP contribution in [0.2, 0.25) is 0 Å². The lowest BCUT2D eigenvalue weighted by Gasteiger charge is -2.26. The summed E-state index contributed by atoms with van der Waals surface area (Å²) in [5, 5.41) is 13.2. The van der Waals surface area contributed by atoms with Crippen LogP contribution in [0.15, 0.2) is 34.7 Å². The van der Waals surface area contributed by atoms with Gasteiger partial charge in [-0.05, 0) is 80.7 Å². The zero-order valence-electron chi connectivity index (χ0n) is 18.0. The number of nitrogens with one attached hydrogen (secondary N) is 1. The number of furan rings is 1. The number of carbonyl (C=O) groups excluding carboxylic acids is 1. The van der Waals surface area contributed by atoms with Crippen LogP contribution in [0.1, 0.15) is 78.7 Å². The van der Waals surface area contributed by atoms with Crippen molar-refractivity contribution in [2.45, 2.75) is 62.9 Å². The molecular formula is C25H32N2O4. The number of ether oxygens (including phenoxy) is 1. The van der Waals surface area contributed by atoms with Gasteiger partial charge in [0, 0.05) is 32.2 Å². The molecule has 0 bridgehead atoms. The number of amides is 1. The third-order valence-electron chi connectivity index (χ3n) is 6.83. The quantitative estimate of drug-likeness (QED) is 0.731. The average molecular weight is 425 g/mol. The van der Waals surface area contributed by atoms with Crippen LogP contribution in [0.25, 0.3) is 0 Å². The second kappa shape index (κ2) is 9.05. The van der Waals surface area contributed by atoms with E-state index in [9.17, 15) is 9.90 Å². The number of hydrogen-bond donors (Lipinski definition) is 2. The number of anilines is 2. The largest absolute Gasteiger partial charge is 0.456 e. The van der Waals surface area contributed by atoms with E-state index in [2.05, 4.69) is 28.4 Å². The van der Waals surface area contributed by atoms with E-state index in [-0.39, 0.29) is 12.0 Å². The minimum atomic E-state index is -0.236. The number of carbonyl (C=O) groups is 1. The van der Waals surface area contributed by atoms with Crippen molar-refractivity contribution < 1.29 is 19.1 Å². The maximum atomic E-state index is 13.1. The van der Waals surface area contributed by atoms with E-state index in [1.807, 2.05) is 6.07 Å². The van der Waals surface area contributed by atoms with E-state index in [0.717, 1.165) is 75.5 Å². The maximum absolute atomic E-state index is 13.1. The Bertz CT molecular complexity index is 914. The van der Waals surface area contributed by atoms with E-state index in [1.165, 1.54) is 18.4 Å². The standard InChI is InChI=1S/C25H32N2O4/c28-20-2-1-12-27(13-9-20)22-6-5-19(17-3-4-17)16-21(22)26-25(29)24-8-7-23(31-24)18-10-14-30-15-11-18/h5-8,16-18,20,28H,1-4,9-15H2,(H,26,29). The smallest absolute Gasteiger partial charge is 0.291 e. The van der Waals surface area contributed by atoms with Crippen LogP contribution in [0.5, 0.6) is 0 Å². The fraction of sp³-hybridized carbons (Fsp3) is 0.560. The Morgan fingerprint density at radius 2 is 1.81 bits per heavy atom. The molecule has 1 aliphatic carbocycles. The molecule has 6 heteroatoms. The van der Waals surface area contributed by atoms with Crippen LogP contribution in [0.4, 0.5) is 11.4 Å². The molecule has 0 radical (unpaired) electrons. The predicted octanol–water partition coefficient (Wildman–Crippen LogP) is 4.65. The second-order valence-corrected chi connectivity index (χ2v) is 9.17. The highest BCUT2D eigenvalue weighted by molar-refractivity contribution is 6.04. The molecule has 1 amide bonds. The van der Waals surface area contributed by atoms with E-state index < -0.39 is 0 Å². The SMILES string of the molecule is O=C(Nc1cc(C2CC2)ccc1N1CCCC(O)CC1)c1ccc(C2CCOCC2)o1. The molecule has 2 aromatic rings. The molecule has 3 heterocycles. The first-order valence-corrected chi connectivity index (χ1v) is 11.7. The third-order valence-corrected chi connectivity index (χ3v) is 6.83. The van der Waals surface area contributed by atoms with Gasteiger partial charge >= 0.3 is 0 Å². The highest BCUT2D eigenvalue weighted by Crippen LogP contribution is 2.43. The molecule has 31 heavy (non-hydrogen) atoms. The van der Waals surface area contributed by atoms with Gasteiger partial charge in [-0.2, -0.15) is 0 Å². The van der Waals surface area contributed by atoms with E-state index in [1.54, 1.807) is 6.07 Å². The van der Waals surface area contributed by atoms with Crippen LogP contribution in [-0.4, -0.2) is 43.4 Å². The van der Waals surface area contributed by atoms with Gasteiger partial charge in [-0.15, -0.1) is 0 Å². The summed E-state index contributed by atoms with van der Waals surface area (Å²) in [6.07, 6.45) is 6.60. The maximum Gasteiger partial charge on any atom is 0.291 e. The molecule has 1 aromatic carbocycles. The van der Waals surface area contributed by atoms with Gasteiger partial charge in [0.1, 0.15) is 5.76 Å². The first-order chi connectivity index (χ1) is 15.2. The Balaban J connectivity index is 1.36. The van der Waals surface area contributed by atoms with Gasteiger partial charge < -0.3 is 24.5 Å². The summed E-state index contributed by atoms with van der Waals surface area (Å²) in [4.78, 5) is 15.4. The molecule has 3 aliphatic rings. The molecule has 166 valence electrons. The second-order valence-electron chi connectivity index (χ2n) is 9.17. The van der Waals surface area contributed by atoms with Gasteiger partial charge in [0.2, 0.25) is 0 Å². The van der Waals surface area contributed by atoms with Gasteiger partial charge in [0.25, 0.3) is 5.91 Å². The van der Waals surface area contributed by atoms with E-state index in [0.29, 0.717) is 17.6 Å². The molecule has 2 N–H and O–H groups in total. The van der Waals surface area contributed by atoms with Gasteiger partial charge in [-0.1, -0.05) is 6.07 Å². The number of rotatable bonds is 5. The van der Waals surface area contributed by atoms with Crippen molar-refractivity contribution in [2.75, 3.05) is 36.5 Å². The lowest BCUT2D eigenvalue weighted by Crippen LogP contribution is -2.26. The number of hydrogen-bond acceptors (Lipinski definition) is 5. The molecule has 1 aromatic heterocycles. The average Bonchev–Trinajstić information content (AvgIpc) is 3.56. The van der Waals surface area contributed by atoms with E-state index >= 15 is 0 Å².